The summed E-state index contributed by atoms with van der Waals surface area (Å²) < 4.78 is 0. The van der Waals surface area contributed by atoms with Crippen LogP contribution in [0.1, 0.15) is 24.0 Å². The summed E-state index contributed by atoms with van der Waals surface area (Å²) in [7, 11) is 0. The molecule has 0 bridgehead atoms. The monoisotopic (exact) mass is 288 g/mol. The maximum absolute atomic E-state index is 6.15. The summed E-state index contributed by atoms with van der Waals surface area (Å²) in [5.74, 6) is 0.671. The van der Waals surface area contributed by atoms with Crippen molar-refractivity contribution >= 4 is 24.0 Å². The third-order valence-corrected chi connectivity index (χ3v) is 3.99. The molecule has 18 heavy (non-hydrogen) atoms. The Kier molecular flexibility index (Phi) is 6.44. The van der Waals surface area contributed by atoms with Crippen molar-refractivity contribution in [3.63, 3.8) is 0 Å². The molecule has 2 rings (SSSR count). The molecule has 0 aromatic heterocycles. The zero-order valence-corrected chi connectivity index (χ0v) is 12.4. The van der Waals surface area contributed by atoms with Gasteiger partial charge in [-0.15, -0.1) is 12.4 Å². The summed E-state index contributed by atoms with van der Waals surface area (Å²) in [5.41, 5.74) is 8.21. The van der Waals surface area contributed by atoms with Crippen molar-refractivity contribution < 1.29 is 0 Å². The van der Waals surface area contributed by atoms with E-state index in [2.05, 4.69) is 23.1 Å². The molecule has 1 saturated heterocycles. The zero-order valence-electron chi connectivity index (χ0n) is 10.9. The Labute approximate surface area is 121 Å². The van der Waals surface area contributed by atoms with Gasteiger partial charge in [-0.2, -0.15) is 0 Å². The normalized spacial score (nSPS) is 20.5. The van der Waals surface area contributed by atoms with Crippen molar-refractivity contribution in [1.29, 1.82) is 0 Å². The van der Waals surface area contributed by atoms with Gasteiger partial charge < -0.3 is 5.73 Å². The Morgan fingerprint density at radius 1 is 1.44 bits per heavy atom. The molecule has 1 aromatic carbocycles. The highest BCUT2D eigenvalue weighted by molar-refractivity contribution is 6.31. The predicted molar refractivity (Wildman–Crippen MR) is 80.5 cm³/mol. The van der Waals surface area contributed by atoms with Crippen molar-refractivity contribution in [2.75, 3.05) is 19.6 Å². The van der Waals surface area contributed by atoms with Crippen LogP contribution < -0.4 is 5.73 Å². The lowest BCUT2D eigenvalue weighted by atomic mass is 9.98. The summed E-state index contributed by atoms with van der Waals surface area (Å²) in [6.45, 7) is 6.16. The average molecular weight is 289 g/mol. The summed E-state index contributed by atoms with van der Waals surface area (Å²) in [5, 5.41) is 0.870. The Balaban J connectivity index is 0.00000162. The van der Waals surface area contributed by atoms with Crippen molar-refractivity contribution in [2.24, 2.45) is 11.7 Å². The number of benzene rings is 1. The summed E-state index contributed by atoms with van der Waals surface area (Å²) in [6, 6.07) is 6.36. The molecule has 102 valence electrons. The van der Waals surface area contributed by atoms with Crippen molar-refractivity contribution in [3.05, 3.63) is 34.3 Å². The van der Waals surface area contributed by atoms with E-state index < -0.39 is 0 Å². The first-order valence-corrected chi connectivity index (χ1v) is 6.74. The van der Waals surface area contributed by atoms with Crippen molar-refractivity contribution in [2.45, 2.75) is 26.3 Å². The second kappa shape index (κ2) is 7.34. The number of aryl methyl sites for hydroxylation is 1. The van der Waals surface area contributed by atoms with Crippen LogP contribution in [0.2, 0.25) is 5.02 Å². The van der Waals surface area contributed by atoms with Gasteiger partial charge in [-0.25, -0.2) is 0 Å². The number of nitrogens with zero attached hydrogens (tertiary/aromatic N) is 1. The lowest BCUT2D eigenvalue weighted by molar-refractivity contribution is 0.171. The standard InChI is InChI=1S/C14H21ClN2.ClH/c1-11-4-5-12(7-14(11)15)9-17-6-2-3-13(8-16)10-17;/h4-5,7,13H,2-3,6,8-10,16H2,1H3;1H. The highest BCUT2D eigenvalue weighted by Gasteiger charge is 2.18. The fraction of sp³-hybridized carbons (Fsp3) is 0.571. The molecule has 1 unspecified atom stereocenters. The minimum absolute atomic E-state index is 0. The number of likely N-dealkylation sites (tertiary alicyclic amines) is 1. The van der Waals surface area contributed by atoms with E-state index in [1.165, 1.54) is 24.9 Å². The van der Waals surface area contributed by atoms with Gasteiger partial charge in [-0.05, 0) is 56.0 Å². The minimum Gasteiger partial charge on any atom is -0.330 e. The molecule has 1 fully saturated rings. The van der Waals surface area contributed by atoms with Crippen molar-refractivity contribution in [3.8, 4) is 0 Å². The van der Waals surface area contributed by atoms with Gasteiger partial charge in [0.1, 0.15) is 0 Å². The first-order valence-electron chi connectivity index (χ1n) is 6.36. The maximum atomic E-state index is 6.15. The Morgan fingerprint density at radius 2 is 2.22 bits per heavy atom. The van der Waals surface area contributed by atoms with Crippen LogP contribution in [0, 0.1) is 12.8 Å². The quantitative estimate of drug-likeness (QED) is 0.925. The van der Waals surface area contributed by atoms with Crippen molar-refractivity contribution in [1.82, 2.24) is 4.90 Å². The van der Waals surface area contributed by atoms with Gasteiger partial charge in [0.25, 0.3) is 0 Å². The topological polar surface area (TPSA) is 29.3 Å². The number of hydrogen-bond donors (Lipinski definition) is 1. The molecule has 1 atom stereocenters. The fourth-order valence-electron chi connectivity index (χ4n) is 2.48. The molecule has 0 spiro atoms. The SMILES string of the molecule is Cc1ccc(CN2CCCC(CN)C2)cc1Cl.Cl. The molecule has 0 aliphatic carbocycles. The van der Waals surface area contributed by atoms with Gasteiger partial charge >= 0.3 is 0 Å². The zero-order chi connectivity index (χ0) is 12.3. The van der Waals surface area contributed by atoms with Gasteiger partial charge in [0.15, 0.2) is 0 Å². The van der Waals surface area contributed by atoms with Crippen LogP contribution >= 0.6 is 24.0 Å². The van der Waals surface area contributed by atoms with E-state index in [-0.39, 0.29) is 12.4 Å². The smallest absolute Gasteiger partial charge is 0.0438 e. The molecule has 2 nitrogen and oxygen atoms in total. The second-order valence-corrected chi connectivity index (χ2v) is 5.47. The van der Waals surface area contributed by atoms with E-state index in [9.17, 15) is 0 Å². The van der Waals surface area contributed by atoms with E-state index in [1.807, 2.05) is 6.92 Å². The van der Waals surface area contributed by atoms with Crippen LogP contribution in [-0.2, 0) is 6.54 Å². The number of piperidine rings is 1. The van der Waals surface area contributed by atoms with Gasteiger partial charge in [-0.1, -0.05) is 23.7 Å². The van der Waals surface area contributed by atoms with Crippen LogP contribution in [0.3, 0.4) is 0 Å². The first kappa shape index (κ1) is 15.8. The molecule has 1 heterocycles. The summed E-state index contributed by atoms with van der Waals surface area (Å²) >= 11 is 6.15. The molecule has 2 N–H and O–H groups in total. The number of hydrogen-bond acceptors (Lipinski definition) is 2. The number of rotatable bonds is 3. The lowest BCUT2D eigenvalue weighted by Gasteiger charge is -2.32. The van der Waals surface area contributed by atoms with Gasteiger partial charge in [0.2, 0.25) is 0 Å². The molecular weight excluding hydrogens is 267 g/mol. The van der Waals surface area contributed by atoms with Crippen LogP contribution in [-0.4, -0.2) is 24.5 Å². The molecule has 1 aliphatic rings. The van der Waals surface area contributed by atoms with Gasteiger partial charge in [0, 0.05) is 18.1 Å². The maximum Gasteiger partial charge on any atom is 0.0438 e. The summed E-state index contributed by atoms with van der Waals surface area (Å²) in [6.07, 6.45) is 2.54. The highest BCUT2D eigenvalue weighted by atomic mass is 35.5. The van der Waals surface area contributed by atoms with E-state index >= 15 is 0 Å². The molecule has 4 heteroatoms. The molecule has 1 aliphatic heterocycles. The van der Waals surface area contributed by atoms with Crippen LogP contribution in [0.4, 0.5) is 0 Å². The molecule has 0 saturated carbocycles. The molecule has 0 radical (unpaired) electrons. The summed E-state index contributed by atoms with van der Waals surface area (Å²) in [4.78, 5) is 2.49. The Hall–Kier alpha value is -0.280. The Bertz CT molecular complexity index is 382. The first-order chi connectivity index (χ1) is 8.19. The van der Waals surface area contributed by atoms with E-state index in [1.54, 1.807) is 0 Å². The molecular formula is C14H22Cl2N2. The minimum atomic E-state index is 0. The average Bonchev–Trinajstić information content (AvgIpc) is 2.34. The third-order valence-electron chi connectivity index (χ3n) is 3.58. The number of halogens is 2. The highest BCUT2D eigenvalue weighted by Crippen LogP contribution is 2.21. The van der Waals surface area contributed by atoms with E-state index in [0.717, 1.165) is 30.2 Å². The lowest BCUT2D eigenvalue weighted by Crippen LogP contribution is -2.37. The molecule has 0 amide bonds. The van der Waals surface area contributed by atoms with E-state index in [0.29, 0.717) is 5.92 Å². The molecule has 1 aromatic rings. The number of nitrogens with two attached hydrogens (primary N) is 1. The van der Waals surface area contributed by atoms with Gasteiger partial charge in [0.05, 0.1) is 0 Å². The van der Waals surface area contributed by atoms with Gasteiger partial charge in [-0.3, -0.25) is 4.90 Å². The Morgan fingerprint density at radius 3 is 2.89 bits per heavy atom. The van der Waals surface area contributed by atoms with E-state index in [4.69, 9.17) is 17.3 Å². The predicted octanol–water partition coefficient (Wildman–Crippen LogP) is 3.24. The fourth-order valence-corrected chi connectivity index (χ4v) is 2.68. The largest absolute Gasteiger partial charge is 0.330 e. The van der Waals surface area contributed by atoms with Crippen LogP contribution in [0.5, 0.6) is 0 Å². The second-order valence-electron chi connectivity index (χ2n) is 5.06. The van der Waals surface area contributed by atoms with Crippen LogP contribution in [0.15, 0.2) is 18.2 Å². The third kappa shape index (κ3) is 4.13. The van der Waals surface area contributed by atoms with Crippen LogP contribution in [0.25, 0.3) is 0 Å².